The number of rotatable bonds is 6. The van der Waals surface area contributed by atoms with Crippen LogP contribution in [0.1, 0.15) is 106 Å². The summed E-state index contributed by atoms with van der Waals surface area (Å²) in [6.45, 7) is 12.6. The monoisotopic (exact) mass is 752 g/mol. The Bertz CT molecular complexity index is 1430. The number of hydrogen-bond donors (Lipinski definition) is 8. The highest BCUT2D eigenvalue weighted by molar-refractivity contribution is 5.76. The predicted molar refractivity (Wildman–Crippen MR) is 189 cm³/mol. The smallest absolute Gasteiger partial charge is 0.310 e. The fourth-order valence-corrected chi connectivity index (χ4v) is 13.0. The maximum absolute atomic E-state index is 13.0. The molecule has 0 amide bonds. The normalized spacial score (nSPS) is 55.1. The average molecular weight is 753 g/mol. The van der Waals surface area contributed by atoms with Gasteiger partial charge in [0.1, 0.15) is 42.7 Å². The number of aliphatic hydroxyl groups excluding tert-OH is 6. The first-order chi connectivity index (χ1) is 24.7. The van der Waals surface area contributed by atoms with Crippen LogP contribution in [0.4, 0.5) is 0 Å². The molecular weight excluding hydrogens is 688 g/mol. The van der Waals surface area contributed by atoms with Gasteiger partial charge in [0, 0.05) is 0 Å². The second-order valence-corrected chi connectivity index (χ2v) is 19.6. The van der Waals surface area contributed by atoms with Crippen LogP contribution in [-0.2, 0) is 23.7 Å². The van der Waals surface area contributed by atoms with Crippen LogP contribution >= 0.6 is 0 Å². The van der Waals surface area contributed by atoms with Crippen molar-refractivity contribution in [3.63, 3.8) is 0 Å². The number of carbonyl (C=O) groups is 1. The molecule has 8 N–H and O–H groups in total. The van der Waals surface area contributed by atoms with Gasteiger partial charge in [-0.15, -0.1) is 0 Å². The summed E-state index contributed by atoms with van der Waals surface area (Å²) < 4.78 is 23.3. The molecule has 6 fully saturated rings. The molecule has 0 bridgehead atoms. The van der Waals surface area contributed by atoms with E-state index in [9.17, 15) is 45.6 Å². The molecule has 0 aromatic heterocycles. The van der Waals surface area contributed by atoms with Gasteiger partial charge in [-0.3, -0.25) is 4.79 Å². The van der Waals surface area contributed by atoms with Gasteiger partial charge in [-0.25, -0.2) is 0 Å². The average Bonchev–Trinajstić information content (AvgIpc) is 3.09. The van der Waals surface area contributed by atoms with E-state index in [0.717, 1.165) is 51.4 Å². The summed E-state index contributed by atoms with van der Waals surface area (Å²) in [5.41, 5.74) is -0.994. The molecular formula is C40H64O13. The molecule has 0 unspecified atom stereocenters. The second-order valence-electron chi connectivity index (χ2n) is 19.6. The van der Waals surface area contributed by atoms with Gasteiger partial charge < -0.3 is 59.8 Å². The Balaban J connectivity index is 1.06. The lowest BCUT2D eigenvalue weighted by molar-refractivity contribution is -0.354. The molecule has 13 nitrogen and oxygen atoms in total. The number of allylic oxidation sites excluding steroid dienone is 2. The van der Waals surface area contributed by atoms with Crippen molar-refractivity contribution in [3.8, 4) is 0 Å². The van der Waals surface area contributed by atoms with E-state index >= 15 is 0 Å². The van der Waals surface area contributed by atoms with Crippen LogP contribution < -0.4 is 0 Å². The van der Waals surface area contributed by atoms with Crippen LogP contribution in [0.5, 0.6) is 0 Å². The Morgan fingerprint density at radius 3 is 2.17 bits per heavy atom. The van der Waals surface area contributed by atoms with Crippen molar-refractivity contribution < 1.29 is 64.6 Å². The third-order valence-corrected chi connectivity index (χ3v) is 16.5. The van der Waals surface area contributed by atoms with E-state index in [0.29, 0.717) is 12.8 Å². The van der Waals surface area contributed by atoms with Crippen LogP contribution in [0.25, 0.3) is 0 Å². The number of aliphatic carboxylic acids is 1. The predicted octanol–water partition coefficient (Wildman–Crippen LogP) is 2.25. The fourth-order valence-electron chi connectivity index (χ4n) is 13.0. The minimum atomic E-state index is -1.68. The first-order valence-corrected chi connectivity index (χ1v) is 19.9. The van der Waals surface area contributed by atoms with E-state index in [-0.39, 0.29) is 46.0 Å². The highest BCUT2D eigenvalue weighted by atomic mass is 16.7. The molecule has 18 atom stereocenters. The first kappa shape index (κ1) is 40.0. The van der Waals surface area contributed by atoms with Crippen LogP contribution in [-0.4, -0.2) is 127 Å². The molecule has 302 valence electrons. The number of fused-ring (bicyclic) bond motifs is 7. The molecule has 7 aliphatic rings. The van der Waals surface area contributed by atoms with Crippen molar-refractivity contribution in [2.45, 2.75) is 173 Å². The zero-order chi connectivity index (χ0) is 38.7. The molecule has 4 saturated carbocycles. The molecule has 13 heteroatoms. The van der Waals surface area contributed by atoms with Gasteiger partial charge in [0.25, 0.3) is 0 Å². The Morgan fingerprint density at radius 1 is 0.811 bits per heavy atom. The summed E-state index contributed by atoms with van der Waals surface area (Å²) in [6.07, 6.45) is -3.62. The summed E-state index contributed by atoms with van der Waals surface area (Å²) in [7, 11) is 0. The van der Waals surface area contributed by atoms with Gasteiger partial charge in [-0.2, -0.15) is 0 Å². The van der Waals surface area contributed by atoms with Gasteiger partial charge in [-0.1, -0.05) is 46.3 Å². The number of hydrogen-bond acceptors (Lipinski definition) is 12. The minimum absolute atomic E-state index is 0.0255. The maximum atomic E-state index is 13.0. The largest absolute Gasteiger partial charge is 0.481 e. The topological polar surface area (TPSA) is 216 Å². The van der Waals surface area contributed by atoms with Crippen LogP contribution in [0.15, 0.2) is 11.6 Å². The maximum Gasteiger partial charge on any atom is 0.310 e. The van der Waals surface area contributed by atoms with Gasteiger partial charge in [-0.05, 0) is 111 Å². The number of carboxylic acid groups (broad SMARTS) is 1. The van der Waals surface area contributed by atoms with Crippen molar-refractivity contribution in [2.24, 2.45) is 44.8 Å². The van der Waals surface area contributed by atoms with E-state index < -0.39 is 85.0 Å². The van der Waals surface area contributed by atoms with Crippen molar-refractivity contribution in [3.05, 3.63) is 11.6 Å². The summed E-state index contributed by atoms with van der Waals surface area (Å²) >= 11 is 0. The quantitative estimate of drug-likeness (QED) is 0.145. The number of carboxylic acids is 1. The van der Waals surface area contributed by atoms with Crippen LogP contribution in [0, 0.1) is 44.8 Å². The van der Waals surface area contributed by atoms with Gasteiger partial charge in [0.15, 0.2) is 12.6 Å². The number of aliphatic hydroxyl groups is 7. The molecule has 0 spiro atoms. The molecule has 53 heavy (non-hydrogen) atoms. The third kappa shape index (κ3) is 5.92. The van der Waals surface area contributed by atoms with E-state index in [1.54, 1.807) is 0 Å². The zero-order valence-corrected chi connectivity index (χ0v) is 32.2. The molecule has 7 rings (SSSR count). The fraction of sp³-hybridized carbons (Fsp3) is 0.925. The number of ether oxygens (including phenoxy) is 4. The lowest BCUT2D eigenvalue weighted by atomic mass is 9.34. The molecule has 0 aromatic carbocycles. The van der Waals surface area contributed by atoms with Crippen LogP contribution in [0.2, 0.25) is 0 Å². The Labute approximate surface area is 312 Å². The lowest BCUT2D eigenvalue weighted by Crippen LogP contribution is -2.68. The van der Waals surface area contributed by atoms with Crippen molar-refractivity contribution in [1.82, 2.24) is 0 Å². The molecule has 5 aliphatic carbocycles. The Kier molecular flexibility index (Phi) is 10.1. The van der Waals surface area contributed by atoms with E-state index in [2.05, 4.69) is 40.7 Å². The van der Waals surface area contributed by atoms with Crippen molar-refractivity contribution in [1.29, 1.82) is 0 Å². The zero-order valence-electron chi connectivity index (χ0n) is 32.2. The Morgan fingerprint density at radius 2 is 1.49 bits per heavy atom. The second kappa shape index (κ2) is 13.4. The SMILES string of the molecule is CC1(C)CC[C@]2(C(=O)O)CC[C@]3(C)C(=CC[C@@H]4[C@@]5(C)CC[C@H](O[C@@H]6OC[C@H](O[C@@H]7O[C@H](CO)[C@@H](O)[C@H](O)[C@H]7O)[C@H](O)[C@H]6O)[C@@](C)(O)[C@@H]5CC[C@]43C)[C@@H]2C1. The standard InChI is InChI=1S/C40H64O13/c1-35(2)13-15-40(34(47)48)16-14-37(4)20(21(40)17-35)7-8-24-36(3)11-10-26(39(6,49)25(36)9-12-38(24,37)5)53-32-30(45)28(43)23(19-50-32)52-33-31(46)29(44)27(42)22(18-41)51-33/h7,21-33,41-46,49H,8-19H2,1-6H3,(H,47,48)/t21-,22+,23-,24+,25+,26-,27+,28-,29-,30+,31+,32-,33-,36+,37+,38+,39-,40-/m0/s1. The van der Waals surface area contributed by atoms with Gasteiger partial charge in [0.05, 0.1) is 30.3 Å². The Hall–Kier alpha value is -1.23. The molecule has 0 radical (unpaired) electrons. The summed E-state index contributed by atoms with van der Waals surface area (Å²) in [4.78, 5) is 13.0. The highest BCUT2D eigenvalue weighted by Crippen LogP contribution is 2.75. The van der Waals surface area contributed by atoms with E-state index in [4.69, 9.17) is 18.9 Å². The highest BCUT2D eigenvalue weighted by Gasteiger charge is 2.70. The van der Waals surface area contributed by atoms with Crippen molar-refractivity contribution in [2.75, 3.05) is 13.2 Å². The molecule has 2 aliphatic heterocycles. The molecule has 0 aromatic rings. The molecule has 2 heterocycles. The van der Waals surface area contributed by atoms with Crippen molar-refractivity contribution >= 4 is 5.97 Å². The lowest BCUT2D eigenvalue weighted by Gasteiger charge is -2.71. The van der Waals surface area contributed by atoms with E-state index in [1.807, 2.05) is 6.92 Å². The third-order valence-electron chi connectivity index (χ3n) is 16.5. The minimum Gasteiger partial charge on any atom is -0.481 e. The van der Waals surface area contributed by atoms with Gasteiger partial charge in [0.2, 0.25) is 0 Å². The van der Waals surface area contributed by atoms with Gasteiger partial charge >= 0.3 is 5.97 Å². The first-order valence-electron chi connectivity index (χ1n) is 19.9. The summed E-state index contributed by atoms with van der Waals surface area (Å²) in [5.74, 6) is -0.469. The molecule has 2 saturated heterocycles. The van der Waals surface area contributed by atoms with E-state index in [1.165, 1.54) is 5.57 Å². The van der Waals surface area contributed by atoms with Crippen LogP contribution in [0.3, 0.4) is 0 Å². The summed E-state index contributed by atoms with van der Waals surface area (Å²) in [6, 6.07) is 0. The summed E-state index contributed by atoms with van der Waals surface area (Å²) in [5, 5.41) is 85.4.